The minimum absolute atomic E-state index is 0.00128. The Hall–Kier alpha value is -4.99. The fourth-order valence-electron chi connectivity index (χ4n) is 5.94. The number of pyridine rings is 1. The number of fused-ring (bicyclic) bond motifs is 3. The molecule has 0 spiro atoms. The largest absolute Gasteiger partial charge is 0.276 e. The van der Waals surface area contributed by atoms with Gasteiger partial charge in [0.15, 0.2) is 8.07 Å². The summed E-state index contributed by atoms with van der Waals surface area (Å²) in [6.45, 7) is 3.80. The molecule has 0 saturated heterocycles. The third-order valence-electron chi connectivity index (χ3n) is 7.85. The van der Waals surface area contributed by atoms with E-state index in [0.29, 0.717) is 0 Å². The number of hydrogen-bond donors (Lipinski definition) is 0. The highest BCUT2D eigenvalue weighted by Gasteiger charge is 2.38. The molecular weight excluding hydrogens is 515 g/mol. The van der Waals surface area contributed by atoms with Crippen LogP contribution in [-0.2, 0) is 0 Å². The maximum absolute atomic E-state index is 13.8. The molecule has 0 aliphatic rings. The van der Waals surface area contributed by atoms with Gasteiger partial charge in [-0.05, 0) is 51.3 Å². The SMILES string of the molecule is C=CC=CC=CC[Si](c1ccccc1)(c1ccccc1)c1ccc2c(c1)c1ccccc1c(=O)n2-c1ccccc1. The summed E-state index contributed by atoms with van der Waals surface area (Å²) in [6.07, 6.45) is 10.2. The van der Waals surface area contributed by atoms with Gasteiger partial charge in [-0.3, -0.25) is 9.36 Å². The lowest BCUT2D eigenvalue weighted by Gasteiger charge is -2.33. The first-order valence-corrected chi connectivity index (χ1v) is 16.1. The second-order valence-electron chi connectivity index (χ2n) is 10.1. The monoisotopic (exact) mass is 545 g/mol. The van der Waals surface area contributed by atoms with Crippen LogP contribution in [0.5, 0.6) is 0 Å². The maximum Gasteiger partial charge on any atom is 0.263 e. The van der Waals surface area contributed by atoms with Crippen molar-refractivity contribution in [2.75, 3.05) is 0 Å². The van der Waals surface area contributed by atoms with Gasteiger partial charge in [-0.15, -0.1) is 0 Å². The van der Waals surface area contributed by atoms with Crippen molar-refractivity contribution in [3.05, 3.63) is 181 Å². The summed E-state index contributed by atoms with van der Waals surface area (Å²) < 4.78 is 1.86. The van der Waals surface area contributed by atoms with E-state index in [1.165, 1.54) is 15.6 Å². The Morgan fingerprint density at radius 3 is 1.80 bits per heavy atom. The quantitative estimate of drug-likeness (QED) is 0.0881. The number of allylic oxidation sites excluding steroid dienone is 5. The Kier molecular flexibility index (Phi) is 7.44. The molecule has 0 N–H and O–H groups in total. The molecular formula is C38H31NOSi. The summed E-state index contributed by atoms with van der Waals surface area (Å²) in [4.78, 5) is 13.8. The molecule has 1 aromatic heterocycles. The van der Waals surface area contributed by atoms with Crippen LogP contribution in [0, 0.1) is 0 Å². The highest BCUT2D eigenvalue weighted by molar-refractivity contribution is 7.11. The number of aromatic nitrogens is 1. The van der Waals surface area contributed by atoms with Crippen LogP contribution in [-0.4, -0.2) is 12.6 Å². The van der Waals surface area contributed by atoms with Crippen LogP contribution in [0.1, 0.15) is 0 Å². The van der Waals surface area contributed by atoms with E-state index in [2.05, 4.69) is 104 Å². The average molecular weight is 546 g/mol. The highest BCUT2D eigenvalue weighted by Crippen LogP contribution is 2.26. The smallest absolute Gasteiger partial charge is 0.263 e. The molecule has 5 aromatic carbocycles. The zero-order valence-electron chi connectivity index (χ0n) is 22.9. The molecule has 1 heterocycles. The number of rotatable bonds is 8. The van der Waals surface area contributed by atoms with Gasteiger partial charge in [0.25, 0.3) is 5.56 Å². The second-order valence-corrected chi connectivity index (χ2v) is 14.1. The van der Waals surface area contributed by atoms with Crippen LogP contribution in [0.25, 0.3) is 27.4 Å². The zero-order chi connectivity index (χ0) is 28.1. The van der Waals surface area contributed by atoms with Gasteiger partial charge in [0.2, 0.25) is 0 Å². The van der Waals surface area contributed by atoms with Crippen LogP contribution < -0.4 is 21.1 Å². The van der Waals surface area contributed by atoms with E-state index >= 15 is 0 Å². The molecule has 0 amide bonds. The van der Waals surface area contributed by atoms with E-state index in [1.807, 2.05) is 65.3 Å². The highest BCUT2D eigenvalue weighted by atomic mass is 28.3. The predicted molar refractivity (Wildman–Crippen MR) is 178 cm³/mol. The van der Waals surface area contributed by atoms with E-state index in [-0.39, 0.29) is 5.56 Å². The number of hydrogen-bond acceptors (Lipinski definition) is 1. The van der Waals surface area contributed by atoms with E-state index in [4.69, 9.17) is 0 Å². The van der Waals surface area contributed by atoms with Crippen molar-refractivity contribution in [3.63, 3.8) is 0 Å². The van der Waals surface area contributed by atoms with Gasteiger partial charge in [-0.2, -0.15) is 0 Å². The fourth-order valence-corrected chi connectivity index (χ4v) is 10.4. The fraction of sp³-hybridized carbons (Fsp3) is 0.0263. The van der Waals surface area contributed by atoms with Crippen LogP contribution >= 0.6 is 0 Å². The number of benzene rings is 5. The molecule has 0 unspecified atom stereocenters. The maximum atomic E-state index is 13.8. The Bertz CT molecular complexity index is 1900. The first-order valence-electron chi connectivity index (χ1n) is 13.9. The minimum Gasteiger partial charge on any atom is -0.276 e. The van der Waals surface area contributed by atoms with E-state index in [9.17, 15) is 4.79 Å². The van der Waals surface area contributed by atoms with Gasteiger partial charge in [-0.1, -0.05) is 146 Å². The van der Waals surface area contributed by atoms with Crippen molar-refractivity contribution in [2.45, 2.75) is 6.04 Å². The lowest BCUT2D eigenvalue weighted by molar-refractivity contribution is 1.06. The first kappa shape index (κ1) is 26.2. The van der Waals surface area contributed by atoms with Crippen molar-refractivity contribution < 1.29 is 0 Å². The van der Waals surface area contributed by atoms with Crippen molar-refractivity contribution in [1.82, 2.24) is 4.57 Å². The molecule has 0 fully saturated rings. The molecule has 0 aliphatic carbocycles. The van der Waals surface area contributed by atoms with Crippen molar-refractivity contribution in [3.8, 4) is 5.69 Å². The molecule has 0 atom stereocenters. The molecule has 3 heteroatoms. The van der Waals surface area contributed by atoms with Crippen molar-refractivity contribution in [2.24, 2.45) is 0 Å². The normalized spacial score (nSPS) is 12.0. The van der Waals surface area contributed by atoms with Gasteiger partial charge in [-0.25, -0.2) is 0 Å². The van der Waals surface area contributed by atoms with Gasteiger partial charge >= 0.3 is 0 Å². The van der Waals surface area contributed by atoms with Crippen LogP contribution in [0.2, 0.25) is 6.04 Å². The summed E-state index contributed by atoms with van der Waals surface area (Å²) in [7, 11) is -2.53. The summed E-state index contributed by atoms with van der Waals surface area (Å²) in [5, 5.41) is 6.80. The van der Waals surface area contributed by atoms with Crippen LogP contribution in [0.15, 0.2) is 175 Å². The molecule has 6 aromatic rings. The van der Waals surface area contributed by atoms with E-state index in [0.717, 1.165) is 33.4 Å². The molecule has 0 bridgehead atoms. The topological polar surface area (TPSA) is 22.0 Å². The lowest BCUT2D eigenvalue weighted by atomic mass is 10.1. The van der Waals surface area contributed by atoms with Gasteiger partial charge in [0, 0.05) is 16.5 Å². The third-order valence-corrected chi connectivity index (χ3v) is 12.6. The Morgan fingerprint density at radius 2 is 1.17 bits per heavy atom. The number of para-hydroxylation sites is 1. The van der Waals surface area contributed by atoms with Gasteiger partial charge in [0.1, 0.15) is 0 Å². The number of nitrogens with zero attached hydrogens (tertiary/aromatic N) is 1. The molecule has 198 valence electrons. The Morgan fingerprint density at radius 1 is 0.585 bits per heavy atom. The third kappa shape index (κ3) is 4.81. The standard InChI is InChI=1S/C38H31NOSi/c1-2-3-4-5-17-28-41(31-20-11-7-12-21-31,32-22-13-8-14-23-32)33-26-27-37-36(29-33)34-24-15-16-25-35(34)38(40)39(37)30-18-9-6-10-19-30/h2-27,29H,1,28H2. The zero-order valence-corrected chi connectivity index (χ0v) is 23.9. The van der Waals surface area contributed by atoms with Crippen molar-refractivity contribution >= 4 is 45.3 Å². The molecule has 0 aliphatic heterocycles. The first-order chi connectivity index (χ1) is 20.2. The predicted octanol–water partition coefficient (Wildman–Crippen LogP) is 6.91. The molecule has 41 heavy (non-hydrogen) atoms. The molecule has 0 saturated carbocycles. The Balaban J connectivity index is 1.70. The summed E-state index contributed by atoms with van der Waals surface area (Å²) in [5.41, 5.74) is 1.78. The average Bonchev–Trinajstić information content (AvgIpc) is 3.04. The van der Waals surface area contributed by atoms with E-state index < -0.39 is 8.07 Å². The lowest BCUT2D eigenvalue weighted by Crippen LogP contribution is -2.66. The Labute approximate surface area is 241 Å². The van der Waals surface area contributed by atoms with Crippen LogP contribution in [0.4, 0.5) is 0 Å². The van der Waals surface area contributed by atoms with Crippen molar-refractivity contribution in [1.29, 1.82) is 0 Å². The summed E-state index contributed by atoms with van der Waals surface area (Å²) in [6, 6.07) is 47.4. The minimum atomic E-state index is -2.53. The van der Waals surface area contributed by atoms with Gasteiger partial charge < -0.3 is 0 Å². The van der Waals surface area contributed by atoms with E-state index in [1.54, 1.807) is 6.08 Å². The summed E-state index contributed by atoms with van der Waals surface area (Å²) in [5.74, 6) is 0. The van der Waals surface area contributed by atoms with Gasteiger partial charge in [0.05, 0.1) is 5.52 Å². The summed E-state index contributed by atoms with van der Waals surface area (Å²) >= 11 is 0. The molecule has 6 rings (SSSR count). The second kappa shape index (κ2) is 11.6. The molecule has 2 nitrogen and oxygen atoms in total. The van der Waals surface area contributed by atoms with Crippen LogP contribution in [0.3, 0.4) is 0 Å². The molecule has 0 radical (unpaired) electrons.